The summed E-state index contributed by atoms with van der Waals surface area (Å²) < 4.78 is 5.84. The molecule has 1 aromatic heterocycles. The molecular formula is C14H17NO2S. The smallest absolute Gasteiger partial charge is 0.104 e. The number of ether oxygens (including phenoxy) is 1. The molecule has 96 valence electrons. The van der Waals surface area contributed by atoms with Crippen LogP contribution < -0.4 is 0 Å². The Labute approximate surface area is 111 Å². The highest BCUT2D eigenvalue weighted by Gasteiger charge is 2.33. The zero-order valence-corrected chi connectivity index (χ0v) is 11.1. The van der Waals surface area contributed by atoms with E-state index in [2.05, 4.69) is 22.1 Å². The number of morpholine rings is 1. The molecular weight excluding hydrogens is 246 g/mol. The van der Waals surface area contributed by atoms with Crippen molar-refractivity contribution in [3.05, 3.63) is 21.9 Å². The number of thiophene rings is 1. The molecule has 2 unspecified atom stereocenters. The number of nitrogens with zero attached hydrogens (tertiary/aromatic N) is 1. The molecule has 4 heteroatoms. The Morgan fingerprint density at radius 2 is 2.17 bits per heavy atom. The molecule has 0 radical (unpaired) electrons. The van der Waals surface area contributed by atoms with Crippen molar-refractivity contribution in [2.75, 3.05) is 19.7 Å². The fourth-order valence-electron chi connectivity index (χ4n) is 2.74. The highest BCUT2D eigenvalue weighted by molar-refractivity contribution is 7.10. The van der Waals surface area contributed by atoms with Gasteiger partial charge >= 0.3 is 0 Å². The average molecular weight is 263 g/mol. The van der Waals surface area contributed by atoms with Gasteiger partial charge in [-0.1, -0.05) is 11.8 Å². The number of hydrogen-bond acceptors (Lipinski definition) is 4. The van der Waals surface area contributed by atoms with Gasteiger partial charge in [-0.3, -0.25) is 4.90 Å². The van der Waals surface area contributed by atoms with Gasteiger partial charge in [0.15, 0.2) is 0 Å². The molecule has 0 saturated carbocycles. The van der Waals surface area contributed by atoms with E-state index in [4.69, 9.17) is 9.84 Å². The van der Waals surface area contributed by atoms with Crippen LogP contribution in [-0.2, 0) is 11.3 Å². The van der Waals surface area contributed by atoms with E-state index in [0.717, 1.165) is 25.2 Å². The van der Waals surface area contributed by atoms with Gasteiger partial charge in [-0.15, -0.1) is 11.3 Å². The van der Waals surface area contributed by atoms with Crippen molar-refractivity contribution in [3.63, 3.8) is 0 Å². The topological polar surface area (TPSA) is 32.7 Å². The maximum absolute atomic E-state index is 8.76. The number of fused-ring (bicyclic) bond motifs is 2. The van der Waals surface area contributed by atoms with Gasteiger partial charge < -0.3 is 9.84 Å². The standard InChI is InChI=1S/C14H17NO2S/c16-6-1-2-11-5-7-18-14(11)10-15-8-12-3-4-13(9-15)17-12/h5,7,12-13,16H,3-4,6,8-10H2. The molecule has 1 aromatic rings. The third kappa shape index (κ3) is 2.60. The molecule has 3 rings (SSSR count). The minimum Gasteiger partial charge on any atom is -0.384 e. The molecule has 0 amide bonds. The summed E-state index contributed by atoms with van der Waals surface area (Å²) in [6.07, 6.45) is 3.30. The Morgan fingerprint density at radius 3 is 2.89 bits per heavy atom. The van der Waals surface area contributed by atoms with E-state index >= 15 is 0 Å². The molecule has 2 atom stereocenters. The van der Waals surface area contributed by atoms with Gasteiger partial charge in [0, 0.05) is 30.1 Å². The Balaban J connectivity index is 1.67. The molecule has 2 fully saturated rings. The van der Waals surface area contributed by atoms with E-state index in [1.165, 1.54) is 17.7 Å². The predicted octanol–water partition coefficient (Wildman–Crippen LogP) is 1.46. The van der Waals surface area contributed by atoms with Crippen LogP contribution in [0.4, 0.5) is 0 Å². The maximum atomic E-state index is 8.76. The second-order valence-electron chi connectivity index (χ2n) is 4.87. The summed E-state index contributed by atoms with van der Waals surface area (Å²) in [4.78, 5) is 3.78. The monoisotopic (exact) mass is 263 g/mol. The van der Waals surface area contributed by atoms with Crippen LogP contribution in [-0.4, -0.2) is 41.9 Å². The van der Waals surface area contributed by atoms with Crippen molar-refractivity contribution in [3.8, 4) is 11.8 Å². The molecule has 2 bridgehead atoms. The van der Waals surface area contributed by atoms with Gasteiger partial charge in [0.25, 0.3) is 0 Å². The molecule has 2 aliphatic rings. The van der Waals surface area contributed by atoms with Crippen LogP contribution in [0.1, 0.15) is 23.3 Å². The molecule has 2 aliphatic heterocycles. The van der Waals surface area contributed by atoms with Crippen LogP contribution in [0.25, 0.3) is 0 Å². The number of hydrogen-bond donors (Lipinski definition) is 1. The number of aliphatic hydroxyl groups is 1. The zero-order chi connectivity index (χ0) is 12.4. The van der Waals surface area contributed by atoms with Gasteiger partial charge in [0.2, 0.25) is 0 Å². The maximum Gasteiger partial charge on any atom is 0.104 e. The van der Waals surface area contributed by atoms with Crippen LogP contribution in [0.5, 0.6) is 0 Å². The predicted molar refractivity (Wildman–Crippen MR) is 71.5 cm³/mol. The van der Waals surface area contributed by atoms with E-state index in [9.17, 15) is 0 Å². The first-order chi connectivity index (χ1) is 8.85. The van der Waals surface area contributed by atoms with Crippen LogP contribution >= 0.6 is 11.3 Å². The summed E-state index contributed by atoms with van der Waals surface area (Å²) in [5, 5.41) is 10.8. The van der Waals surface area contributed by atoms with E-state index in [1.807, 2.05) is 6.07 Å². The van der Waals surface area contributed by atoms with Crippen molar-refractivity contribution in [1.82, 2.24) is 4.90 Å². The van der Waals surface area contributed by atoms with Crippen LogP contribution in [0.3, 0.4) is 0 Å². The fourth-order valence-corrected chi connectivity index (χ4v) is 3.61. The lowest BCUT2D eigenvalue weighted by molar-refractivity contribution is -0.0407. The fraction of sp³-hybridized carbons (Fsp3) is 0.571. The number of aliphatic hydroxyl groups excluding tert-OH is 1. The van der Waals surface area contributed by atoms with Gasteiger partial charge in [-0.25, -0.2) is 0 Å². The lowest BCUT2D eigenvalue weighted by atomic mass is 10.2. The van der Waals surface area contributed by atoms with E-state index in [-0.39, 0.29) is 6.61 Å². The van der Waals surface area contributed by atoms with Crippen molar-refractivity contribution in [1.29, 1.82) is 0 Å². The first kappa shape index (κ1) is 12.2. The third-order valence-electron chi connectivity index (χ3n) is 3.53. The lowest BCUT2D eigenvalue weighted by Gasteiger charge is -2.31. The first-order valence-electron chi connectivity index (χ1n) is 6.39. The second-order valence-corrected chi connectivity index (χ2v) is 5.87. The molecule has 3 heterocycles. The lowest BCUT2D eigenvalue weighted by Crippen LogP contribution is -2.41. The Hall–Kier alpha value is -0.860. The molecule has 2 saturated heterocycles. The van der Waals surface area contributed by atoms with Crippen molar-refractivity contribution in [2.45, 2.75) is 31.6 Å². The first-order valence-corrected chi connectivity index (χ1v) is 7.27. The summed E-state index contributed by atoms with van der Waals surface area (Å²) in [6.45, 7) is 2.98. The van der Waals surface area contributed by atoms with Gasteiger partial charge in [-0.2, -0.15) is 0 Å². The largest absolute Gasteiger partial charge is 0.384 e. The van der Waals surface area contributed by atoms with Crippen LogP contribution in [0.2, 0.25) is 0 Å². The molecule has 18 heavy (non-hydrogen) atoms. The van der Waals surface area contributed by atoms with Crippen molar-refractivity contribution >= 4 is 11.3 Å². The number of likely N-dealkylation sites (tertiary alicyclic amines) is 1. The molecule has 1 N–H and O–H groups in total. The zero-order valence-electron chi connectivity index (χ0n) is 10.3. The summed E-state index contributed by atoms with van der Waals surface area (Å²) >= 11 is 1.75. The van der Waals surface area contributed by atoms with Crippen molar-refractivity contribution in [2.24, 2.45) is 0 Å². The van der Waals surface area contributed by atoms with E-state index in [1.54, 1.807) is 11.3 Å². The third-order valence-corrected chi connectivity index (χ3v) is 4.44. The molecule has 0 spiro atoms. The normalized spacial score (nSPS) is 26.9. The van der Waals surface area contributed by atoms with Crippen LogP contribution in [0, 0.1) is 11.8 Å². The minimum absolute atomic E-state index is 0.0724. The summed E-state index contributed by atoms with van der Waals surface area (Å²) in [6, 6.07) is 2.04. The summed E-state index contributed by atoms with van der Waals surface area (Å²) in [5.74, 6) is 5.75. The molecule has 0 aliphatic carbocycles. The van der Waals surface area contributed by atoms with E-state index in [0.29, 0.717) is 12.2 Å². The highest BCUT2D eigenvalue weighted by atomic mass is 32.1. The quantitative estimate of drug-likeness (QED) is 0.820. The number of rotatable bonds is 2. The average Bonchev–Trinajstić information content (AvgIpc) is 2.94. The molecule has 3 nitrogen and oxygen atoms in total. The minimum atomic E-state index is -0.0724. The van der Waals surface area contributed by atoms with Gasteiger partial charge in [0.05, 0.1) is 12.2 Å². The Bertz CT molecular complexity index is 462. The van der Waals surface area contributed by atoms with Crippen molar-refractivity contribution < 1.29 is 9.84 Å². The van der Waals surface area contributed by atoms with E-state index < -0.39 is 0 Å². The second kappa shape index (κ2) is 5.41. The van der Waals surface area contributed by atoms with Gasteiger partial charge in [-0.05, 0) is 24.3 Å². The van der Waals surface area contributed by atoms with Crippen LogP contribution in [0.15, 0.2) is 11.4 Å². The Kier molecular flexibility index (Phi) is 3.67. The molecule has 0 aromatic carbocycles. The SMILES string of the molecule is OCC#Cc1ccsc1CN1CC2CCC(C1)O2. The summed E-state index contributed by atoms with van der Waals surface area (Å²) in [5.41, 5.74) is 1.06. The summed E-state index contributed by atoms with van der Waals surface area (Å²) in [7, 11) is 0. The highest BCUT2D eigenvalue weighted by Crippen LogP contribution is 2.28. The Morgan fingerprint density at radius 1 is 1.39 bits per heavy atom. The van der Waals surface area contributed by atoms with Gasteiger partial charge in [0.1, 0.15) is 6.61 Å².